The van der Waals surface area contributed by atoms with Gasteiger partial charge in [0, 0.05) is 30.2 Å². The second-order valence-corrected chi connectivity index (χ2v) is 5.88. The molecule has 1 heterocycles. The van der Waals surface area contributed by atoms with Gasteiger partial charge in [0.25, 0.3) is 11.6 Å². The zero-order valence-electron chi connectivity index (χ0n) is 12.0. The quantitative estimate of drug-likeness (QED) is 0.513. The Hall–Kier alpha value is -1.60. The second-order valence-electron chi connectivity index (χ2n) is 5.03. The van der Waals surface area contributed by atoms with Gasteiger partial charge in [0.05, 0.1) is 16.4 Å². The Kier molecular flexibility index (Phi) is 5.19. The summed E-state index contributed by atoms with van der Waals surface area (Å²) in [6.07, 6.45) is 2.69. The Morgan fingerprint density at radius 1 is 1.57 bits per heavy atom. The van der Waals surface area contributed by atoms with E-state index >= 15 is 0 Å². The van der Waals surface area contributed by atoms with Crippen LogP contribution in [0.2, 0.25) is 0 Å². The second kappa shape index (κ2) is 6.91. The maximum Gasteiger partial charge on any atom is 0.283 e. The molecule has 1 aromatic rings. The number of hydrogen-bond acceptors (Lipinski definition) is 5. The summed E-state index contributed by atoms with van der Waals surface area (Å²) in [6, 6.07) is 4.55. The maximum absolute atomic E-state index is 12.2. The van der Waals surface area contributed by atoms with Crippen LogP contribution in [0.3, 0.4) is 0 Å². The van der Waals surface area contributed by atoms with Crippen LogP contribution in [-0.2, 0) is 4.74 Å². The van der Waals surface area contributed by atoms with Crippen LogP contribution in [0.1, 0.15) is 23.7 Å². The molecule has 21 heavy (non-hydrogen) atoms. The van der Waals surface area contributed by atoms with E-state index in [9.17, 15) is 14.9 Å². The minimum absolute atomic E-state index is 0.0146. The van der Waals surface area contributed by atoms with Crippen molar-refractivity contribution in [3.05, 3.63) is 33.9 Å². The largest absolute Gasteiger partial charge is 0.381 e. The Morgan fingerprint density at radius 2 is 2.33 bits per heavy atom. The molecule has 0 bridgehead atoms. The zero-order chi connectivity index (χ0) is 15.4. The van der Waals surface area contributed by atoms with Crippen molar-refractivity contribution in [3.63, 3.8) is 0 Å². The van der Waals surface area contributed by atoms with Crippen LogP contribution in [0.5, 0.6) is 0 Å². The van der Waals surface area contributed by atoms with Gasteiger partial charge in [0.15, 0.2) is 0 Å². The number of carbonyl (C=O) groups excluding carboxylic acids is 1. The summed E-state index contributed by atoms with van der Waals surface area (Å²) in [6.45, 7) is 3.30. The average molecular weight is 310 g/mol. The molecule has 2 rings (SSSR count). The number of rotatable bonds is 5. The van der Waals surface area contributed by atoms with Gasteiger partial charge in [0.2, 0.25) is 0 Å². The molecule has 1 aliphatic heterocycles. The van der Waals surface area contributed by atoms with Crippen molar-refractivity contribution in [3.8, 4) is 0 Å². The number of hydrogen-bond donors (Lipinski definition) is 1. The molecule has 1 aromatic carbocycles. The molecule has 1 N–H and O–H groups in total. The van der Waals surface area contributed by atoms with Gasteiger partial charge < -0.3 is 10.1 Å². The molecular weight excluding hydrogens is 292 g/mol. The fourth-order valence-corrected chi connectivity index (χ4v) is 2.88. The predicted molar refractivity (Wildman–Crippen MR) is 80.7 cm³/mol. The van der Waals surface area contributed by atoms with E-state index in [1.165, 1.54) is 17.8 Å². The molecule has 0 radical (unpaired) electrons. The lowest BCUT2D eigenvalue weighted by atomic mass is 10.0. The Labute approximate surface area is 127 Å². The average Bonchev–Trinajstić information content (AvgIpc) is 3.00. The monoisotopic (exact) mass is 310 g/mol. The summed E-state index contributed by atoms with van der Waals surface area (Å²) in [4.78, 5) is 23.3. The molecule has 2 unspecified atom stereocenters. The first-order valence-electron chi connectivity index (χ1n) is 6.74. The Morgan fingerprint density at radius 3 is 2.90 bits per heavy atom. The van der Waals surface area contributed by atoms with E-state index < -0.39 is 4.92 Å². The van der Waals surface area contributed by atoms with Crippen molar-refractivity contribution in [2.24, 2.45) is 5.92 Å². The first-order chi connectivity index (χ1) is 10.0. The van der Waals surface area contributed by atoms with Crippen molar-refractivity contribution in [2.75, 3.05) is 19.5 Å². The highest BCUT2D eigenvalue weighted by Gasteiger charge is 2.24. The lowest BCUT2D eigenvalue weighted by Crippen LogP contribution is -2.38. The molecule has 0 aromatic heterocycles. The number of thioether (sulfide) groups is 1. The molecule has 1 saturated heterocycles. The third-order valence-corrected chi connectivity index (χ3v) is 4.45. The minimum Gasteiger partial charge on any atom is -0.381 e. The highest BCUT2D eigenvalue weighted by Crippen LogP contribution is 2.28. The van der Waals surface area contributed by atoms with Gasteiger partial charge in [-0.05, 0) is 31.7 Å². The number of carbonyl (C=O) groups is 1. The Bertz CT molecular complexity index is 544. The number of amides is 1. The molecule has 114 valence electrons. The summed E-state index contributed by atoms with van der Waals surface area (Å²) >= 11 is 1.29. The topological polar surface area (TPSA) is 81.5 Å². The van der Waals surface area contributed by atoms with E-state index in [-0.39, 0.29) is 17.6 Å². The molecular formula is C14H18N2O4S. The molecule has 1 aliphatic rings. The molecule has 7 heteroatoms. The van der Waals surface area contributed by atoms with Crippen LogP contribution in [0.4, 0.5) is 5.69 Å². The molecule has 6 nitrogen and oxygen atoms in total. The van der Waals surface area contributed by atoms with E-state index in [0.717, 1.165) is 13.0 Å². The predicted octanol–water partition coefficient (Wildman–Crippen LogP) is 2.47. The van der Waals surface area contributed by atoms with Crippen molar-refractivity contribution in [1.82, 2.24) is 5.32 Å². The molecule has 0 aliphatic carbocycles. The molecule has 0 spiro atoms. The number of ether oxygens (including phenoxy) is 1. The van der Waals surface area contributed by atoms with Crippen LogP contribution in [0, 0.1) is 16.0 Å². The fourth-order valence-electron chi connectivity index (χ4n) is 2.33. The highest BCUT2D eigenvalue weighted by molar-refractivity contribution is 7.98. The molecule has 1 fully saturated rings. The van der Waals surface area contributed by atoms with E-state index in [1.54, 1.807) is 18.4 Å². The molecule has 1 amide bonds. The van der Waals surface area contributed by atoms with Gasteiger partial charge in [-0.15, -0.1) is 11.8 Å². The van der Waals surface area contributed by atoms with Gasteiger partial charge in [-0.1, -0.05) is 0 Å². The highest BCUT2D eigenvalue weighted by atomic mass is 32.2. The number of nitrogens with one attached hydrogen (secondary N) is 1. The standard InChI is InChI=1S/C14H18N2O4S/c1-9(11-5-6-20-8-11)15-14(17)10-3-4-13(21-2)12(7-10)16(18)19/h3-4,7,9,11H,5-6,8H2,1-2H3,(H,15,17). The smallest absolute Gasteiger partial charge is 0.283 e. The fraction of sp³-hybridized carbons (Fsp3) is 0.500. The van der Waals surface area contributed by atoms with Crippen molar-refractivity contribution >= 4 is 23.4 Å². The zero-order valence-corrected chi connectivity index (χ0v) is 12.8. The van der Waals surface area contributed by atoms with Gasteiger partial charge >= 0.3 is 0 Å². The van der Waals surface area contributed by atoms with Gasteiger partial charge in [-0.25, -0.2) is 0 Å². The SMILES string of the molecule is CSc1ccc(C(=O)NC(C)C2CCOC2)cc1[N+](=O)[O-]. The maximum atomic E-state index is 12.2. The van der Waals surface area contributed by atoms with E-state index in [4.69, 9.17) is 4.74 Å². The van der Waals surface area contributed by atoms with E-state index in [1.807, 2.05) is 6.92 Å². The van der Waals surface area contributed by atoms with Crippen LogP contribution >= 0.6 is 11.8 Å². The summed E-state index contributed by atoms with van der Waals surface area (Å²) < 4.78 is 5.30. The number of nitro benzene ring substituents is 1. The lowest BCUT2D eigenvalue weighted by Gasteiger charge is -2.19. The first-order valence-corrected chi connectivity index (χ1v) is 7.96. The van der Waals surface area contributed by atoms with Gasteiger partial charge in [-0.2, -0.15) is 0 Å². The molecule has 0 saturated carbocycles. The molecule has 2 atom stereocenters. The summed E-state index contributed by atoms with van der Waals surface area (Å²) in [5.41, 5.74) is 0.275. The number of nitro groups is 1. The number of nitrogens with zero attached hydrogens (tertiary/aromatic N) is 1. The van der Waals surface area contributed by atoms with Crippen LogP contribution < -0.4 is 5.32 Å². The van der Waals surface area contributed by atoms with Crippen LogP contribution in [-0.4, -0.2) is 36.3 Å². The normalized spacial score (nSPS) is 19.2. The van der Waals surface area contributed by atoms with E-state index in [2.05, 4.69) is 5.32 Å². The number of benzene rings is 1. The summed E-state index contributed by atoms with van der Waals surface area (Å²) in [5.74, 6) is 0.0135. The van der Waals surface area contributed by atoms with E-state index in [0.29, 0.717) is 23.0 Å². The first kappa shape index (κ1) is 15.8. The van der Waals surface area contributed by atoms with Crippen molar-refractivity contribution in [2.45, 2.75) is 24.3 Å². The summed E-state index contributed by atoms with van der Waals surface area (Å²) in [7, 11) is 0. The Balaban J connectivity index is 2.11. The van der Waals surface area contributed by atoms with Crippen LogP contribution in [0.15, 0.2) is 23.1 Å². The summed E-state index contributed by atoms with van der Waals surface area (Å²) in [5, 5.41) is 13.9. The van der Waals surface area contributed by atoms with Crippen molar-refractivity contribution in [1.29, 1.82) is 0 Å². The van der Waals surface area contributed by atoms with Crippen LogP contribution in [0.25, 0.3) is 0 Å². The third-order valence-electron chi connectivity index (χ3n) is 3.67. The van der Waals surface area contributed by atoms with Gasteiger partial charge in [0.1, 0.15) is 0 Å². The van der Waals surface area contributed by atoms with Crippen molar-refractivity contribution < 1.29 is 14.5 Å². The minimum atomic E-state index is -0.461. The lowest BCUT2D eigenvalue weighted by molar-refractivity contribution is -0.387. The third kappa shape index (κ3) is 3.74. The van der Waals surface area contributed by atoms with Gasteiger partial charge in [-0.3, -0.25) is 14.9 Å².